The minimum Gasteiger partial charge on any atom is -0.549 e. The van der Waals surface area contributed by atoms with E-state index in [-0.39, 0.29) is 10.1 Å². The molecule has 0 aliphatic heterocycles. The Kier molecular flexibility index (Phi) is 5.22. The molecule has 2 rings (SSSR count). The van der Waals surface area contributed by atoms with E-state index in [9.17, 15) is 18.7 Å². The minimum absolute atomic E-state index is 0.233. The number of carboxylic acids is 1. The summed E-state index contributed by atoms with van der Waals surface area (Å²) in [5.41, 5.74) is -2.98. The van der Waals surface area contributed by atoms with Gasteiger partial charge >= 0.3 is 6.61 Å². The van der Waals surface area contributed by atoms with Crippen LogP contribution in [0.15, 0.2) is 40.9 Å². The van der Waals surface area contributed by atoms with Crippen LogP contribution in [0.5, 0.6) is 0 Å². The Morgan fingerprint density at radius 3 is 2.21 bits per heavy atom. The monoisotopic (exact) mass is 397 g/mol. The van der Waals surface area contributed by atoms with Gasteiger partial charge in [-0.15, -0.1) is 11.6 Å². The molecule has 1 aliphatic carbocycles. The van der Waals surface area contributed by atoms with E-state index < -0.39 is 34.4 Å². The molecule has 0 saturated heterocycles. The molecule has 0 N–H and O–H groups in total. The topological polar surface area (TPSA) is 49.4 Å². The molecule has 24 heavy (non-hydrogen) atoms. The number of ether oxygens (including phenoxy) is 1. The zero-order chi connectivity index (χ0) is 18.3. The second kappa shape index (κ2) is 6.45. The lowest BCUT2D eigenvalue weighted by atomic mass is 9.85. The number of carboxylic acid groups (broad SMARTS) is 1. The van der Waals surface area contributed by atoms with Crippen molar-refractivity contribution in [2.24, 2.45) is 10.8 Å². The number of rotatable bonds is 6. The summed E-state index contributed by atoms with van der Waals surface area (Å²) in [6.07, 6.45) is -0.432. The molecule has 1 aliphatic rings. The third kappa shape index (κ3) is 2.62. The van der Waals surface area contributed by atoms with Crippen LogP contribution in [0.4, 0.5) is 8.78 Å². The number of aliphatic carboxylic acids is 1. The Balaban J connectivity index is 2.68. The number of hydrogen-bond acceptors (Lipinski definition) is 3. The number of hydrogen-bond donors (Lipinski definition) is 0. The largest absolute Gasteiger partial charge is 0.549 e. The Morgan fingerprint density at radius 1 is 1.25 bits per heavy atom. The molecule has 3 nitrogen and oxygen atoms in total. The summed E-state index contributed by atoms with van der Waals surface area (Å²) in [4.78, 5) is 10.4. The first kappa shape index (κ1) is 19.4. The van der Waals surface area contributed by atoms with E-state index >= 15 is 0 Å². The van der Waals surface area contributed by atoms with Gasteiger partial charge < -0.3 is 14.6 Å². The average Bonchev–Trinajstić information content (AvgIpc) is 2.84. The lowest BCUT2D eigenvalue weighted by Crippen LogP contribution is -2.43. The van der Waals surface area contributed by atoms with Gasteiger partial charge in [0.2, 0.25) is 0 Å². The van der Waals surface area contributed by atoms with Gasteiger partial charge in [0.15, 0.2) is 0 Å². The molecule has 0 heterocycles. The molecular formula is C16H14Cl3F2O3-. The van der Waals surface area contributed by atoms with Crippen molar-refractivity contribution in [3.05, 3.63) is 46.5 Å². The summed E-state index contributed by atoms with van der Waals surface area (Å²) in [5, 5.41) is 12.1. The second-order valence-electron chi connectivity index (χ2n) is 6.05. The predicted molar refractivity (Wildman–Crippen MR) is 85.9 cm³/mol. The van der Waals surface area contributed by atoms with E-state index in [1.807, 2.05) is 0 Å². The molecule has 0 bridgehead atoms. The lowest BCUT2D eigenvalue weighted by molar-refractivity contribution is -0.323. The van der Waals surface area contributed by atoms with E-state index in [0.29, 0.717) is 0 Å². The molecule has 0 spiro atoms. The molecule has 0 amide bonds. The Hall–Kier alpha value is -0.880. The van der Waals surface area contributed by atoms with Crippen LogP contribution < -0.4 is 5.11 Å². The fourth-order valence-corrected chi connectivity index (χ4v) is 4.59. The summed E-state index contributed by atoms with van der Waals surface area (Å²) in [6.45, 7) is -0.194. The van der Waals surface area contributed by atoms with E-state index in [0.717, 1.165) is 6.08 Å². The summed E-state index contributed by atoms with van der Waals surface area (Å²) in [6, 6.07) is 7.78. The third-order valence-electron chi connectivity index (χ3n) is 4.77. The summed E-state index contributed by atoms with van der Waals surface area (Å²) in [5.74, 6) is -1.62. The molecule has 1 saturated carbocycles. The van der Waals surface area contributed by atoms with Crippen molar-refractivity contribution in [3.8, 4) is 0 Å². The molecule has 8 heteroatoms. The average molecular weight is 399 g/mol. The molecule has 1 aromatic carbocycles. The van der Waals surface area contributed by atoms with Crippen LogP contribution in [0.2, 0.25) is 0 Å². The number of halogens is 5. The van der Waals surface area contributed by atoms with Gasteiger partial charge in [-0.1, -0.05) is 67.4 Å². The van der Waals surface area contributed by atoms with Crippen molar-refractivity contribution in [2.45, 2.75) is 31.4 Å². The van der Waals surface area contributed by atoms with Crippen molar-refractivity contribution in [3.63, 3.8) is 0 Å². The molecule has 1 fully saturated rings. The summed E-state index contributed by atoms with van der Waals surface area (Å²) < 4.78 is 30.4. The molecule has 132 valence electrons. The maximum absolute atomic E-state index is 13.0. The maximum atomic E-state index is 13.0. The van der Waals surface area contributed by atoms with Crippen LogP contribution >= 0.6 is 34.8 Å². The van der Waals surface area contributed by atoms with E-state index in [4.69, 9.17) is 34.8 Å². The molecule has 3 unspecified atom stereocenters. The summed E-state index contributed by atoms with van der Waals surface area (Å²) >= 11 is 17.8. The van der Waals surface area contributed by atoms with Crippen molar-refractivity contribution in [1.29, 1.82) is 0 Å². The molecule has 0 radical (unpaired) electrons. The summed E-state index contributed by atoms with van der Waals surface area (Å²) in [7, 11) is 0. The number of carbonyl (C=O) groups excluding carboxylic acids is 1. The van der Waals surface area contributed by atoms with Gasteiger partial charge in [-0.2, -0.15) is 8.78 Å². The lowest BCUT2D eigenvalue weighted by Gasteiger charge is -2.32. The van der Waals surface area contributed by atoms with Gasteiger partial charge in [-0.25, -0.2) is 0 Å². The predicted octanol–water partition coefficient (Wildman–Crippen LogP) is 4.04. The van der Waals surface area contributed by atoms with E-state index in [1.54, 1.807) is 18.2 Å². The Labute approximate surface area is 153 Å². The standard InChI is InChI=1S/C16H15Cl3F2O3/c1-14(2)15(19,8-10(17)18)16(14,12(22)23)11(24-13(20)21)9-6-4-3-5-7-9/h3-8,11,13H,1-2H3,(H,22,23)/p-1. The first-order valence-corrected chi connectivity index (χ1v) is 8.08. The first-order valence-electron chi connectivity index (χ1n) is 6.95. The quantitative estimate of drug-likeness (QED) is 0.680. The van der Waals surface area contributed by atoms with E-state index in [1.165, 1.54) is 26.0 Å². The number of allylic oxidation sites excluding steroid dienone is 1. The van der Waals surface area contributed by atoms with Crippen molar-refractivity contribution in [1.82, 2.24) is 0 Å². The van der Waals surface area contributed by atoms with Gasteiger partial charge in [-0.05, 0) is 11.6 Å². The SMILES string of the molecule is CC1(C)C(Cl)(C=C(Cl)Cl)C1(C(=O)[O-])C(OC(F)F)c1ccccc1. The van der Waals surface area contributed by atoms with Gasteiger partial charge in [-0.3, -0.25) is 0 Å². The molecule has 3 atom stereocenters. The van der Waals surface area contributed by atoms with E-state index in [2.05, 4.69) is 4.74 Å². The minimum atomic E-state index is -3.21. The van der Waals surface area contributed by atoms with Crippen LogP contribution in [-0.4, -0.2) is 17.5 Å². The van der Waals surface area contributed by atoms with Crippen LogP contribution in [-0.2, 0) is 9.53 Å². The van der Waals surface area contributed by atoms with Crippen LogP contribution in [0.3, 0.4) is 0 Å². The maximum Gasteiger partial charge on any atom is 0.345 e. The van der Waals surface area contributed by atoms with Crippen LogP contribution in [0.1, 0.15) is 25.5 Å². The van der Waals surface area contributed by atoms with Gasteiger partial charge in [0.05, 0.1) is 16.3 Å². The molecular weight excluding hydrogens is 385 g/mol. The fourth-order valence-electron chi connectivity index (χ4n) is 3.52. The normalized spacial score (nSPS) is 29.2. The van der Waals surface area contributed by atoms with Crippen molar-refractivity contribution in [2.75, 3.05) is 0 Å². The highest BCUT2D eigenvalue weighted by molar-refractivity contribution is 6.56. The van der Waals surface area contributed by atoms with Crippen LogP contribution in [0, 0.1) is 10.8 Å². The number of benzene rings is 1. The van der Waals surface area contributed by atoms with Gasteiger partial charge in [0.25, 0.3) is 0 Å². The molecule has 0 aromatic heterocycles. The highest BCUT2D eigenvalue weighted by Crippen LogP contribution is 2.81. The van der Waals surface area contributed by atoms with Crippen molar-refractivity contribution >= 4 is 40.8 Å². The highest BCUT2D eigenvalue weighted by atomic mass is 35.5. The number of carbonyl (C=O) groups is 1. The van der Waals surface area contributed by atoms with Gasteiger partial charge in [0, 0.05) is 5.41 Å². The first-order chi connectivity index (χ1) is 11.0. The smallest absolute Gasteiger partial charge is 0.345 e. The highest BCUT2D eigenvalue weighted by Gasteiger charge is 2.85. The number of alkyl halides is 3. The van der Waals surface area contributed by atoms with Gasteiger partial charge in [0.1, 0.15) is 10.6 Å². The second-order valence-corrected chi connectivity index (χ2v) is 7.66. The zero-order valence-electron chi connectivity index (χ0n) is 12.7. The Bertz CT molecular complexity index is 662. The van der Waals surface area contributed by atoms with Crippen LogP contribution in [0.25, 0.3) is 0 Å². The Morgan fingerprint density at radius 2 is 1.79 bits per heavy atom. The zero-order valence-corrected chi connectivity index (χ0v) is 15.0. The van der Waals surface area contributed by atoms with Crippen molar-refractivity contribution < 1.29 is 23.4 Å². The fraction of sp³-hybridized carbons (Fsp3) is 0.438. The third-order valence-corrected chi connectivity index (χ3v) is 5.87. The molecule has 1 aromatic rings.